The second kappa shape index (κ2) is 33.6. The molecule has 0 saturated carbocycles. The SMILES string of the molecule is CCCP(CCC)CCCCCCP(CCCCCCP(CCC)CCC)CCCCCCP(CCC)CCC. The first-order valence-electron chi connectivity index (χ1n) is 18.5. The molecule has 0 aliphatic heterocycles. The van der Waals surface area contributed by atoms with Crippen molar-refractivity contribution in [3.63, 3.8) is 0 Å². The van der Waals surface area contributed by atoms with Crippen molar-refractivity contribution in [2.75, 3.05) is 73.9 Å². The topological polar surface area (TPSA) is 0 Å². The molecule has 40 heavy (non-hydrogen) atoms. The van der Waals surface area contributed by atoms with Gasteiger partial charge < -0.3 is 0 Å². The first kappa shape index (κ1) is 41.7. The van der Waals surface area contributed by atoms with Gasteiger partial charge in [-0.3, -0.25) is 0 Å². The van der Waals surface area contributed by atoms with Gasteiger partial charge in [0.1, 0.15) is 0 Å². The van der Waals surface area contributed by atoms with Crippen LogP contribution in [-0.2, 0) is 0 Å². The van der Waals surface area contributed by atoms with Crippen LogP contribution in [0, 0.1) is 0 Å². The van der Waals surface area contributed by atoms with Gasteiger partial charge in [-0.15, -0.1) is 31.7 Å². The van der Waals surface area contributed by atoms with E-state index in [1.807, 2.05) is 0 Å². The maximum atomic E-state index is 2.39. The van der Waals surface area contributed by atoms with Gasteiger partial charge in [0.15, 0.2) is 0 Å². The normalized spacial score (nSPS) is 12.2. The van der Waals surface area contributed by atoms with Crippen LogP contribution in [0.5, 0.6) is 0 Å². The summed E-state index contributed by atoms with van der Waals surface area (Å²) >= 11 is 0. The summed E-state index contributed by atoms with van der Waals surface area (Å²) in [5.41, 5.74) is 0. The third-order valence-corrected chi connectivity index (χ3v) is 20.5. The summed E-state index contributed by atoms with van der Waals surface area (Å²) in [6.45, 7) is 14.3. The summed E-state index contributed by atoms with van der Waals surface area (Å²) in [6.07, 6.45) is 45.5. The van der Waals surface area contributed by atoms with E-state index in [1.165, 1.54) is 133 Å². The highest BCUT2D eigenvalue weighted by molar-refractivity contribution is 7.58. The second-order valence-electron chi connectivity index (χ2n) is 12.6. The van der Waals surface area contributed by atoms with E-state index in [9.17, 15) is 0 Å². The molecule has 0 unspecified atom stereocenters. The Labute approximate surface area is 262 Å². The van der Waals surface area contributed by atoms with Crippen molar-refractivity contribution >= 4 is 31.7 Å². The van der Waals surface area contributed by atoms with Crippen LogP contribution in [0.15, 0.2) is 0 Å². The predicted octanol–water partition coefficient (Wildman–Crippen LogP) is 14.1. The molecule has 0 aromatic carbocycles. The first-order chi connectivity index (χ1) is 19.6. The Hall–Kier alpha value is 1.72. The van der Waals surface area contributed by atoms with E-state index >= 15 is 0 Å². The van der Waals surface area contributed by atoms with Crippen molar-refractivity contribution in [1.29, 1.82) is 0 Å². The molecule has 0 heterocycles. The largest absolute Gasteiger partial charge is 0.107 e. The molecule has 0 spiro atoms. The fourth-order valence-corrected chi connectivity index (χ4v) is 16.8. The van der Waals surface area contributed by atoms with Crippen LogP contribution in [0.2, 0.25) is 0 Å². The van der Waals surface area contributed by atoms with Crippen molar-refractivity contribution in [3.8, 4) is 0 Å². The Kier molecular flexibility index (Phi) is 35.1. The standard InChI is InChI=1S/C36H78P4/c1-7-25-37(26-8-2)31-19-13-16-22-34-40(35-23-17-14-20-32-38(27-9-3)28-10-4)36-24-18-15-21-33-39(29-11-5)30-12-6/h7-36H2,1-6H3. The van der Waals surface area contributed by atoms with Crippen LogP contribution < -0.4 is 0 Å². The molecule has 4 heteroatoms. The van der Waals surface area contributed by atoms with Gasteiger partial charge in [0.25, 0.3) is 0 Å². The molecule has 0 bridgehead atoms. The van der Waals surface area contributed by atoms with Gasteiger partial charge in [0.2, 0.25) is 0 Å². The summed E-state index contributed by atoms with van der Waals surface area (Å²) in [7, 11) is 1.42. The van der Waals surface area contributed by atoms with Crippen LogP contribution >= 0.6 is 31.7 Å². The molecule has 0 amide bonds. The predicted molar refractivity (Wildman–Crippen MR) is 203 cm³/mol. The monoisotopic (exact) mass is 635 g/mol. The van der Waals surface area contributed by atoms with Crippen LogP contribution in [0.25, 0.3) is 0 Å². The van der Waals surface area contributed by atoms with E-state index in [0.717, 1.165) is 0 Å². The first-order valence-corrected chi connectivity index (χ1v) is 26.1. The van der Waals surface area contributed by atoms with Crippen LogP contribution in [0.1, 0.15) is 157 Å². The molecular weight excluding hydrogens is 556 g/mol. The lowest BCUT2D eigenvalue weighted by Gasteiger charge is -2.19. The minimum atomic E-state index is 0.317. The molecule has 0 aliphatic carbocycles. The molecular formula is C36H78P4. The lowest BCUT2D eigenvalue weighted by Crippen LogP contribution is -1.99. The van der Waals surface area contributed by atoms with Gasteiger partial charge in [-0.1, -0.05) is 119 Å². The second-order valence-corrected chi connectivity index (χ2v) is 23.3. The smallest absolute Gasteiger partial charge is 0.0326 e. The van der Waals surface area contributed by atoms with Gasteiger partial charge in [-0.25, -0.2) is 0 Å². The molecule has 0 rings (SSSR count). The fraction of sp³-hybridized carbons (Fsp3) is 1.00. The number of hydrogen-bond donors (Lipinski definition) is 0. The number of hydrogen-bond acceptors (Lipinski definition) is 0. The molecule has 0 N–H and O–H groups in total. The van der Waals surface area contributed by atoms with Crippen LogP contribution in [-0.4, -0.2) is 73.9 Å². The average molecular weight is 635 g/mol. The Morgan fingerprint density at radius 1 is 0.200 bits per heavy atom. The van der Waals surface area contributed by atoms with Crippen molar-refractivity contribution in [2.45, 2.75) is 157 Å². The highest BCUT2D eigenvalue weighted by atomic mass is 31.1. The summed E-state index contributed by atoms with van der Waals surface area (Å²) in [5, 5.41) is 0. The highest BCUT2D eigenvalue weighted by Crippen LogP contribution is 2.42. The minimum Gasteiger partial charge on any atom is -0.107 e. The average Bonchev–Trinajstić information content (AvgIpc) is 2.94. The summed E-state index contributed by atoms with van der Waals surface area (Å²) in [5.74, 6) is 0. The maximum Gasteiger partial charge on any atom is -0.0326 e. The van der Waals surface area contributed by atoms with E-state index in [4.69, 9.17) is 0 Å². The zero-order valence-corrected chi connectivity index (χ0v) is 32.6. The summed E-state index contributed by atoms with van der Waals surface area (Å²) in [6, 6.07) is 0. The lowest BCUT2D eigenvalue weighted by molar-refractivity contribution is 0.689. The van der Waals surface area contributed by atoms with E-state index in [0.29, 0.717) is 31.7 Å². The summed E-state index contributed by atoms with van der Waals surface area (Å²) in [4.78, 5) is 0. The number of unbranched alkanes of at least 4 members (excludes halogenated alkanes) is 9. The summed E-state index contributed by atoms with van der Waals surface area (Å²) < 4.78 is 0. The fourth-order valence-electron chi connectivity index (χ4n) is 6.31. The molecule has 0 atom stereocenters. The molecule has 0 fully saturated rings. The molecule has 0 aromatic heterocycles. The van der Waals surface area contributed by atoms with Gasteiger partial charge >= 0.3 is 0 Å². The zero-order valence-electron chi connectivity index (χ0n) is 29.0. The maximum absolute atomic E-state index is 2.39. The molecule has 0 aliphatic rings. The lowest BCUT2D eigenvalue weighted by atomic mass is 10.2. The Morgan fingerprint density at radius 2 is 0.350 bits per heavy atom. The Morgan fingerprint density at radius 3 is 0.500 bits per heavy atom. The van der Waals surface area contributed by atoms with E-state index < -0.39 is 0 Å². The van der Waals surface area contributed by atoms with Crippen molar-refractivity contribution in [1.82, 2.24) is 0 Å². The van der Waals surface area contributed by atoms with Crippen LogP contribution in [0.4, 0.5) is 0 Å². The van der Waals surface area contributed by atoms with E-state index in [1.54, 1.807) is 56.2 Å². The molecule has 0 saturated heterocycles. The van der Waals surface area contributed by atoms with Gasteiger partial charge in [0.05, 0.1) is 0 Å². The molecule has 0 radical (unpaired) electrons. The molecule has 242 valence electrons. The highest BCUT2D eigenvalue weighted by Gasteiger charge is 2.11. The van der Waals surface area contributed by atoms with E-state index in [2.05, 4.69) is 41.5 Å². The van der Waals surface area contributed by atoms with Crippen molar-refractivity contribution in [2.24, 2.45) is 0 Å². The molecule has 0 nitrogen and oxygen atoms in total. The Balaban J connectivity index is 4.31. The van der Waals surface area contributed by atoms with Crippen molar-refractivity contribution in [3.05, 3.63) is 0 Å². The third kappa shape index (κ3) is 27.3. The van der Waals surface area contributed by atoms with Gasteiger partial charge in [0, 0.05) is 0 Å². The van der Waals surface area contributed by atoms with Gasteiger partial charge in [-0.2, -0.15) is 0 Å². The van der Waals surface area contributed by atoms with Crippen LogP contribution in [0.3, 0.4) is 0 Å². The zero-order chi connectivity index (χ0) is 29.5. The van der Waals surface area contributed by atoms with Gasteiger partial charge in [-0.05, 0) is 112 Å². The quantitative estimate of drug-likeness (QED) is 0.0498. The third-order valence-electron chi connectivity index (χ3n) is 8.34. The number of rotatable bonds is 33. The Bertz CT molecular complexity index is 387. The molecule has 0 aromatic rings. The van der Waals surface area contributed by atoms with E-state index in [-0.39, 0.29) is 0 Å². The van der Waals surface area contributed by atoms with Crippen molar-refractivity contribution < 1.29 is 0 Å². The minimum absolute atomic E-state index is 0.317.